The molecule has 0 aromatic carbocycles. The summed E-state index contributed by atoms with van der Waals surface area (Å²) in [4.78, 5) is 15.4. The van der Waals surface area contributed by atoms with E-state index in [9.17, 15) is 4.79 Å². The Morgan fingerprint density at radius 2 is 2.21 bits per heavy atom. The van der Waals surface area contributed by atoms with Gasteiger partial charge in [0.25, 0.3) is 0 Å². The van der Waals surface area contributed by atoms with E-state index in [0.29, 0.717) is 12.4 Å². The highest BCUT2D eigenvalue weighted by Crippen LogP contribution is 2.15. The van der Waals surface area contributed by atoms with Gasteiger partial charge >= 0.3 is 5.97 Å². The first kappa shape index (κ1) is 10.6. The molecular weight excluding hydrogens is 182 g/mol. The van der Waals surface area contributed by atoms with Crippen molar-refractivity contribution in [2.45, 2.75) is 26.8 Å². The molecule has 0 saturated heterocycles. The van der Waals surface area contributed by atoms with E-state index in [1.165, 1.54) is 7.11 Å². The highest BCUT2D eigenvalue weighted by Gasteiger charge is 2.18. The van der Waals surface area contributed by atoms with Crippen LogP contribution in [0.15, 0.2) is 0 Å². The van der Waals surface area contributed by atoms with Gasteiger partial charge in [-0.3, -0.25) is 0 Å². The summed E-state index contributed by atoms with van der Waals surface area (Å²) in [5.41, 5.74) is 5.98. The number of aromatic nitrogens is 2. The van der Waals surface area contributed by atoms with Crippen LogP contribution in [0.3, 0.4) is 0 Å². The molecule has 1 aromatic rings. The first-order chi connectivity index (χ1) is 6.65. The molecule has 0 bridgehead atoms. The number of hydrogen-bond acceptors (Lipinski definition) is 4. The molecule has 1 rings (SSSR count). The number of nitrogen functional groups attached to an aromatic ring is 1. The molecule has 0 amide bonds. The van der Waals surface area contributed by atoms with Gasteiger partial charge in [-0.05, 0) is 6.92 Å². The predicted octanol–water partition coefficient (Wildman–Crippen LogP) is 0.834. The number of nitrogens with zero attached hydrogens (tertiary/aromatic N) is 2. The third kappa shape index (κ3) is 1.57. The second-order valence-electron chi connectivity index (χ2n) is 2.85. The van der Waals surface area contributed by atoms with Crippen LogP contribution in [0.25, 0.3) is 0 Å². The largest absolute Gasteiger partial charge is 0.464 e. The minimum Gasteiger partial charge on any atom is -0.464 e. The third-order valence-corrected chi connectivity index (χ3v) is 2.10. The molecule has 2 N–H and O–H groups in total. The zero-order valence-electron chi connectivity index (χ0n) is 8.70. The fourth-order valence-corrected chi connectivity index (χ4v) is 1.38. The summed E-state index contributed by atoms with van der Waals surface area (Å²) in [6, 6.07) is 0. The SMILES string of the molecule is CCc1nc(C(=O)OC)c(N)n1CC. The maximum absolute atomic E-state index is 11.3. The number of anilines is 1. The van der Waals surface area contributed by atoms with Crippen molar-refractivity contribution in [2.75, 3.05) is 12.8 Å². The Bertz CT molecular complexity index is 344. The van der Waals surface area contributed by atoms with Crippen LogP contribution in [0, 0.1) is 0 Å². The molecule has 1 heterocycles. The van der Waals surface area contributed by atoms with Crippen LogP contribution in [0.1, 0.15) is 30.2 Å². The predicted molar refractivity (Wildman–Crippen MR) is 53.0 cm³/mol. The van der Waals surface area contributed by atoms with Crippen LogP contribution < -0.4 is 5.73 Å². The van der Waals surface area contributed by atoms with Gasteiger partial charge in [-0.2, -0.15) is 0 Å². The fraction of sp³-hybridized carbons (Fsp3) is 0.556. The minimum atomic E-state index is -0.482. The van der Waals surface area contributed by atoms with E-state index in [4.69, 9.17) is 5.73 Å². The lowest BCUT2D eigenvalue weighted by atomic mass is 10.4. The minimum absolute atomic E-state index is 0.214. The molecule has 0 saturated carbocycles. The van der Waals surface area contributed by atoms with Gasteiger partial charge in [0, 0.05) is 13.0 Å². The van der Waals surface area contributed by atoms with Gasteiger partial charge in [-0.15, -0.1) is 0 Å². The fourth-order valence-electron chi connectivity index (χ4n) is 1.38. The molecule has 0 unspecified atom stereocenters. The number of carbonyl (C=O) groups is 1. The normalized spacial score (nSPS) is 10.2. The molecule has 5 heteroatoms. The Morgan fingerprint density at radius 3 is 2.57 bits per heavy atom. The summed E-state index contributed by atoms with van der Waals surface area (Å²) in [5, 5.41) is 0. The molecule has 0 aliphatic heterocycles. The van der Waals surface area contributed by atoms with Crippen molar-refractivity contribution in [3.8, 4) is 0 Å². The maximum atomic E-state index is 11.3. The van der Waals surface area contributed by atoms with Crippen LogP contribution >= 0.6 is 0 Å². The van der Waals surface area contributed by atoms with Crippen LogP contribution in [0.4, 0.5) is 5.82 Å². The monoisotopic (exact) mass is 197 g/mol. The molecule has 5 nitrogen and oxygen atoms in total. The summed E-state index contributed by atoms with van der Waals surface area (Å²) in [7, 11) is 1.32. The zero-order chi connectivity index (χ0) is 10.7. The second-order valence-corrected chi connectivity index (χ2v) is 2.85. The quantitative estimate of drug-likeness (QED) is 0.729. The molecule has 0 aliphatic rings. The second kappa shape index (κ2) is 4.13. The Morgan fingerprint density at radius 1 is 1.57 bits per heavy atom. The Kier molecular flexibility index (Phi) is 3.11. The van der Waals surface area contributed by atoms with E-state index in [1.54, 1.807) is 0 Å². The first-order valence-corrected chi connectivity index (χ1v) is 4.58. The van der Waals surface area contributed by atoms with E-state index < -0.39 is 5.97 Å². The van der Waals surface area contributed by atoms with Crippen molar-refractivity contribution >= 4 is 11.8 Å². The van der Waals surface area contributed by atoms with E-state index >= 15 is 0 Å². The van der Waals surface area contributed by atoms with Crippen LogP contribution in [-0.2, 0) is 17.7 Å². The number of imidazole rings is 1. The number of aryl methyl sites for hydroxylation is 1. The number of hydrogen-bond donors (Lipinski definition) is 1. The molecule has 0 spiro atoms. The standard InChI is InChI=1S/C9H15N3O2/c1-4-6-11-7(9(13)14-3)8(10)12(6)5-2/h4-5,10H2,1-3H3. The van der Waals surface area contributed by atoms with Gasteiger partial charge in [0.1, 0.15) is 11.6 Å². The van der Waals surface area contributed by atoms with Crippen molar-refractivity contribution in [3.05, 3.63) is 11.5 Å². The summed E-state index contributed by atoms with van der Waals surface area (Å²) in [6.07, 6.45) is 0.745. The number of ether oxygens (including phenoxy) is 1. The van der Waals surface area contributed by atoms with Gasteiger partial charge in [0.05, 0.1) is 7.11 Å². The van der Waals surface area contributed by atoms with Gasteiger partial charge in [0.2, 0.25) is 0 Å². The van der Waals surface area contributed by atoms with Crippen molar-refractivity contribution in [3.63, 3.8) is 0 Å². The van der Waals surface area contributed by atoms with Crippen molar-refractivity contribution in [1.29, 1.82) is 0 Å². The van der Waals surface area contributed by atoms with Crippen LogP contribution in [0.5, 0.6) is 0 Å². The van der Waals surface area contributed by atoms with Gasteiger partial charge in [-0.25, -0.2) is 9.78 Å². The summed E-state index contributed by atoms with van der Waals surface area (Å²) >= 11 is 0. The average molecular weight is 197 g/mol. The van der Waals surface area contributed by atoms with E-state index in [2.05, 4.69) is 9.72 Å². The molecule has 0 atom stereocenters. The molecule has 14 heavy (non-hydrogen) atoms. The lowest BCUT2D eigenvalue weighted by Gasteiger charge is -2.03. The Labute approximate surface area is 82.9 Å². The lowest BCUT2D eigenvalue weighted by Crippen LogP contribution is -2.08. The zero-order valence-corrected chi connectivity index (χ0v) is 8.70. The van der Waals surface area contributed by atoms with E-state index in [1.807, 2.05) is 18.4 Å². The molecular formula is C9H15N3O2. The topological polar surface area (TPSA) is 70.1 Å². The third-order valence-electron chi connectivity index (χ3n) is 2.10. The summed E-state index contributed by atoms with van der Waals surface area (Å²) in [6.45, 7) is 4.63. The Balaban J connectivity index is 3.20. The maximum Gasteiger partial charge on any atom is 0.360 e. The van der Waals surface area contributed by atoms with Crippen LogP contribution in [0.2, 0.25) is 0 Å². The molecule has 0 fully saturated rings. The molecule has 0 radical (unpaired) electrons. The summed E-state index contributed by atoms with van der Waals surface area (Å²) < 4.78 is 6.39. The first-order valence-electron chi connectivity index (χ1n) is 4.58. The number of rotatable bonds is 3. The Hall–Kier alpha value is -1.52. The van der Waals surface area contributed by atoms with Crippen molar-refractivity contribution < 1.29 is 9.53 Å². The van der Waals surface area contributed by atoms with E-state index in [0.717, 1.165) is 12.2 Å². The molecule has 0 aliphatic carbocycles. The average Bonchev–Trinajstić information content (AvgIpc) is 2.53. The number of esters is 1. The number of methoxy groups -OCH3 is 1. The number of nitrogens with two attached hydrogens (primary N) is 1. The smallest absolute Gasteiger partial charge is 0.360 e. The van der Waals surface area contributed by atoms with E-state index in [-0.39, 0.29) is 5.69 Å². The molecule has 1 aromatic heterocycles. The van der Waals surface area contributed by atoms with Gasteiger partial charge in [0.15, 0.2) is 5.69 Å². The highest BCUT2D eigenvalue weighted by atomic mass is 16.5. The van der Waals surface area contributed by atoms with Crippen LogP contribution in [-0.4, -0.2) is 22.6 Å². The van der Waals surface area contributed by atoms with Crippen molar-refractivity contribution in [2.24, 2.45) is 0 Å². The van der Waals surface area contributed by atoms with Gasteiger partial charge in [-0.1, -0.05) is 6.92 Å². The highest BCUT2D eigenvalue weighted by molar-refractivity contribution is 5.92. The van der Waals surface area contributed by atoms with Crippen molar-refractivity contribution in [1.82, 2.24) is 9.55 Å². The lowest BCUT2D eigenvalue weighted by molar-refractivity contribution is 0.0595. The van der Waals surface area contributed by atoms with Gasteiger partial charge < -0.3 is 15.0 Å². The number of carbonyl (C=O) groups excluding carboxylic acids is 1. The summed E-state index contributed by atoms with van der Waals surface area (Å²) in [5.74, 6) is 0.714. The molecule has 78 valence electrons.